The maximum Gasteiger partial charge on any atom is 0.184 e. The number of halogens is 1. The third-order valence-corrected chi connectivity index (χ3v) is 3.83. The summed E-state index contributed by atoms with van der Waals surface area (Å²) in [5.41, 5.74) is 1.37. The third kappa shape index (κ3) is 3.44. The summed E-state index contributed by atoms with van der Waals surface area (Å²) in [4.78, 5) is 27.9. The van der Waals surface area contributed by atoms with Crippen molar-refractivity contribution in [3.8, 4) is 5.75 Å². The minimum Gasteiger partial charge on any atom is -0.493 e. The van der Waals surface area contributed by atoms with Gasteiger partial charge in [0, 0.05) is 24.6 Å². The van der Waals surface area contributed by atoms with Crippen LogP contribution in [0, 0.1) is 5.82 Å². The number of aromatic nitrogens is 1. The van der Waals surface area contributed by atoms with E-state index in [0.29, 0.717) is 12.2 Å². The lowest BCUT2D eigenvalue weighted by Crippen LogP contribution is -2.11. The Morgan fingerprint density at radius 3 is 2.83 bits per heavy atom. The summed E-state index contributed by atoms with van der Waals surface area (Å²) in [5, 5.41) is 0. The zero-order chi connectivity index (χ0) is 16.2. The number of nitrogens with zero attached hydrogens (tertiary/aromatic N) is 1. The number of aryl methyl sites for hydroxylation is 1. The minimum absolute atomic E-state index is 0.0362. The first-order valence-electron chi connectivity index (χ1n) is 7.58. The quantitative estimate of drug-likeness (QED) is 0.794. The van der Waals surface area contributed by atoms with Gasteiger partial charge in [-0.25, -0.2) is 4.39 Å². The van der Waals surface area contributed by atoms with Crippen LogP contribution in [0.1, 0.15) is 45.7 Å². The molecule has 4 nitrogen and oxygen atoms in total. The number of ether oxygens (including phenoxy) is 1. The van der Waals surface area contributed by atoms with Crippen molar-refractivity contribution >= 4 is 11.6 Å². The molecule has 0 unspecified atom stereocenters. The molecular formula is C18H16FNO3. The smallest absolute Gasteiger partial charge is 0.184 e. The molecule has 3 rings (SSSR count). The van der Waals surface area contributed by atoms with Crippen molar-refractivity contribution in [1.29, 1.82) is 0 Å². The Kier molecular flexibility index (Phi) is 4.46. The number of rotatable bonds is 5. The molecule has 0 saturated carbocycles. The van der Waals surface area contributed by atoms with Crippen molar-refractivity contribution in [3.05, 3.63) is 59.2 Å². The fourth-order valence-corrected chi connectivity index (χ4v) is 2.61. The second kappa shape index (κ2) is 6.69. The van der Waals surface area contributed by atoms with E-state index in [0.717, 1.165) is 24.2 Å². The highest BCUT2D eigenvalue weighted by atomic mass is 19.1. The molecule has 1 aliphatic rings. The molecule has 0 radical (unpaired) electrons. The molecule has 2 heterocycles. The first-order valence-corrected chi connectivity index (χ1v) is 7.58. The molecule has 0 bridgehead atoms. The topological polar surface area (TPSA) is 56.3 Å². The number of hydrogen-bond acceptors (Lipinski definition) is 4. The molecule has 1 aromatic carbocycles. The summed E-state index contributed by atoms with van der Waals surface area (Å²) in [6, 6.07) is 7.93. The Bertz CT molecular complexity index is 758. The largest absolute Gasteiger partial charge is 0.493 e. The predicted octanol–water partition coefficient (Wildman–Crippen LogP) is 3.39. The second-order valence-electron chi connectivity index (χ2n) is 5.45. The highest BCUT2D eigenvalue weighted by Crippen LogP contribution is 2.26. The third-order valence-electron chi connectivity index (χ3n) is 3.83. The van der Waals surface area contributed by atoms with Crippen LogP contribution in [-0.4, -0.2) is 23.2 Å². The molecular weight excluding hydrogens is 297 g/mol. The van der Waals surface area contributed by atoms with Crippen LogP contribution in [-0.2, 0) is 6.42 Å². The van der Waals surface area contributed by atoms with E-state index >= 15 is 0 Å². The van der Waals surface area contributed by atoms with Gasteiger partial charge in [-0.05, 0) is 48.7 Å². The monoisotopic (exact) mass is 313 g/mol. The fraction of sp³-hybridized carbons (Fsp3) is 0.278. The van der Waals surface area contributed by atoms with Crippen LogP contribution in [0.2, 0.25) is 0 Å². The van der Waals surface area contributed by atoms with Gasteiger partial charge in [0.05, 0.1) is 6.61 Å². The first kappa shape index (κ1) is 15.3. The number of Topliss-reactive ketones (excluding diaryl/α,β-unsaturated/α-hetero) is 2. The van der Waals surface area contributed by atoms with E-state index in [9.17, 15) is 14.0 Å². The summed E-state index contributed by atoms with van der Waals surface area (Å²) in [6.07, 6.45) is 3.16. The molecule has 23 heavy (non-hydrogen) atoms. The van der Waals surface area contributed by atoms with Crippen LogP contribution >= 0.6 is 0 Å². The lowest BCUT2D eigenvalue weighted by Gasteiger charge is -2.17. The van der Waals surface area contributed by atoms with Gasteiger partial charge in [0.15, 0.2) is 17.4 Å². The van der Waals surface area contributed by atoms with E-state index < -0.39 is 11.6 Å². The van der Waals surface area contributed by atoms with Crippen LogP contribution in [0.3, 0.4) is 0 Å². The lowest BCUT2D eigenvalue weighted by atomic mass is 9.98. The molecule has 0 atom stereocenters. The van der Waals surface area contributed by atoms with Crippen molar-refractivity contribution in [2.75, 3.05) is 6.61 Å². The number of ketones is 2. The van der Waals surface area contributed by atoms with Gasteiger partial charge in [0.25, 0.3) is 0 Å². The molecule has 1 aromatic heterocycles. The predicted molar refractivity (Wildman–Crippen MR) is 82.3 cm³/mol. The van der Waals surface area contributed by atoms with Gasteiger partial charge in [-0.15, -0.1) is 0 Å². The molecule has 0 saturated heterocycles. The van der Waals surface area contributed by atoms with Gasteiger partial charge in [0.1, 0.15) is 11.4 Å². The van der Waals surface area contributed by atoms with Crippen LogP contribution in [0.5, 0.6) is 5.75 Å². The van der Waals surface area contributed by atoms with E-state index in [1.807, 2.05) is 6.07 Å². The number of fused-ring (bicyclic) bond motifs is 1. The Labute approximate surface area is 133 Å². The average Bonchev–Trinajstić information content (AvgIpc) is 2.59. The van der Waals surface area contributed by atoms with E-state index in [4.69, 9.17) is 4.74 Å². The average molecular weight is 313 g/mol. The highest BCUT2D eigenvalue weighted by molar-refractivity contribution is 6.01. The summed E-state index contributed by atoms with van der Waals surface area (Å²) >= 11 is 0. The molecule has 0 spiro atoms. The van der Waals surface area contributed by atoms with Crippen molar-refractivity contribution in [3.63, 3.8) is 0 Å². The SMILES string of the molecule is O=C(CCC(=O)c1ncccc1F)c1ccc2c(c1)CCCO2. The van der Waals surface area contributed by atoms with E-state index in [2.05, 4.69) is 4.98 Å². The normalized spacial score (nSPS) is 13.1. The standard InChI is InChI=1S/C18H16FNO3/c19-14-4-1-9-20-18(14)16(22)7-6-15(21)12-5-8-17-13(11-12)3-2-10-23-17/h1,4-5,8-9,11H,2-3,6-7,10H2. The van der Waals surface area contributed by atoms with Gasteiger partial charge < -0.3 is 4.74 Å². The van der Waals surface area contributed by atoms with Crippen molar-refractivity contribution in [2.24, 2.45) is 0 Å². The maximum absolute atomic E-state index is 13.5. The van der Waals surface area contributed by atoms with Crippen LogP contribution in [0.4, 0.5) is 4.39 Å². The Morgan fingerprint density at radius 1 is 1.17 bits per heavy atom. The number of hydrogen-bond donors (Lipinski definition) is 0. The van der Waals surface area contributed by atoms with E-state index in [1.165, 1.54) is 18.3 Å². The van der Waals surface area contributed by atoms with Gasteiger partial charge in [-0.2, -0.15) is 0 Å². The van der Waals surface area contributed by atoms with E-state index in [-0.39, 0.29) is 24.3 Å². The lowest BCUT2D eigenvalue weighted by molar-refractivity contribution is 0.0912. The molecule has 5 heteroatoms. The van der Waals surface area contributed by atoms with Crippen LogP contribution in [0.25, 0.3) is 0 Å². The molecule has 0 aliphatic carbocycles. The van der Waals surface area contributed by atoms with Crippen molar-refractivity contribution in [2.45, 2.75) is 25.7 Å². The summed E-state index contributed by atoms with van der Waals surface area (Å²) in [5.74, 6) is -0.434. The van der Waals surface area contributed by atoms with Crippen molar-refractivity contribution in [1.82, 2.24) is 4.98 Å². The molecule has 1 aliphatic heterocycles. The second-order valence-corrected chi connectivity index (χ2v) is 5.45. The summed E-state index contributed by atoms with van der Waals surface area (Å²) in [7, 11) is 0. The van der Waals surface area contributed by atoms with Crippen LogP contribution < -0.4 is 4.74 Å². The van der Waals surface area contributed by atoms with Gasteiger partial charge in [0.2, 0.25) is 0 Å². The molecule has 0 N–H and O–H groups in total. The number of carbonyl (C=O) groups is 2. The van der Waals surface area contributed by atoms with Crippen molar-refractivity contribution < 1.29 is 18.7 Å². The number of pyridine rings is 1. The number of benzene rings is 1. The molecule has 118 valence electrons. The zero-order valence-electron chi connectivity index (χ0n) is 12.5. The van der Waals surface area contributed by atoms with E-state index in [1.54, 1.807) is 12.1 Å². The van der Waals surface area contributed by atoms with Crippen LogP contribution in [0.15, 0.2) is 36.5 Å². The summed E-state index contributed by atoms with van der Waals surface area (Å²) in [6.45, 7) is 0.699. The number of carbonyl (C=O) groups excluding carboxylic acids is 2. The Balaban J connectivity index is 1.66. The summed E-state index contributed by atoms with van der Waals surface area (Å²) < 4.78 is 19.0. The molecule has 0 fully saturated rings. The van der Waals surface area contributed by atoms with Gasteiger partial charge in [-0.3, -0.25) is 14.6 Å². The Hall–Kier alpha value is -2.56. The Morgan fingerprint density at radius 2 is 2.00 bits per heavy atom. The minimum atomic E-state index is -0.657. The van der Waals surface area contributed by atoms with Gasteiger partial charge in [-0.1, -0.05) is 0 Å². The maximum atomic E-state index is 13.5. The van der Waals surface area contributed by atoms with Gasteiger partial charge >= 0.3 is 0 Å². The first-order chi connectivity index (χ1) is 11.1. The fourth-order valence-electron chi connectivity index (χ4n) is 2.61. The zero-order valence-corrected chi connectivity index (χ0v) is 12.5. The highest BCUT2D eigenvalue weighted by Gasteiger charge is 2.17. The molecule has 2 aromatic rings. The molecule has 0 amide bonds.